The third-order valence-electron chi connectivity index (χ3n) is 6.30. The molecule has 0 aliphatic heterocycles. The summed E-state index contributed by atoms with van der Waals surface area (Å²) in [6.45, 7) is 4.68. The first-order valence-corrected chi connectivity index (χ1v) is 9.74. The molecule has 0 amide bonds. The van der Waals surface area contributed by atoms with Gasteiger partial charge in [-0.25, -0.2) is 0 Å². The topological polar surface area (TPSA) is 17.8 Å². The van der Waals surface area contributed by atoms with Crippen molar-refractivity contribution >= 4 is 21.8 Å². The van der Waals surface area contributed by atoms with Gasteiger partial charge in [-0.2, -0.15) is 0 Å². The van der Waals surface area contributed by atoms with Gasteiger partial charge in [-0.15, -0.1) is 0 Å². The normalized spacial score (nSPS) is 14.4. The summed E-state index contributed by atoms with van der Waals surface area (Å²) in [5, 5.41) is 2.61. The molecule has 1 aliphatic rings. The highest BCUT2D eigenvalue weighted by molar-refractivity contribution is 6.11. The van der Waals surface area contributed by atoms with Gasteiger partial charge in [-0.05, 0) is 52.6 Å². The zero-order valence-corrected chi connectivity index (χ0v) is 16.0. The molecule has 5 aromatic rings. The minimum absolute atomic E-state index is 0.0139. The molecule has 0 N–H and O–H groups in total. The summed E-state index contributed by atoms with van der Waals surface area (Å²) in [7, 11) is 0. The highest BCUT2D eigenvalue weighted by atomic mass is 15.0. The van der Waals surface area contributed by atoms with Gasteiger partial charge in [0, 0.05) is 34.3 Å². The smallest absolute Gasteiger partial charge is 0.0547 e. The number of hydrogen-bond acceptors (Lipinski definition) is 1. The van der Waals surface area contributed by atoms with Crippen LogP contribution in [-0.2, 0) is 5.41 Å². The van der Waals surface area contributed by atoms with Gasteiger partial charge < -0.3 is 4.57 Å². The standard InChI is InChI=1S/C26H20N2/c1-26(2)22-9-5-3-7-18(22)20-16-25-21(15-23(20)26)19-8-4-6-10-24(19)28(25)17-11-13-27-14-12-17/h3-16H,1-2H3. The molecule has 28 heavy (non-hydrogen) atoms. The van der Waals surface area contributed by atoms with Gasteiger partial charge in [-0.3, -0.25) is 4.98 Å². The van der Waals surface area contributed by atoms with Gasteiger partial charge in [0.1, 0.15) is 0 Å². The van der Waals surface area contributed by atoms with Crippen molar-refractivity contribution in [2.75, 3.05) is 0 Å². The van der Waals surface area contributed by atoms with Gasteiger partial charge >= 0.3 is 0 Å². The molecule has 0 unspecified atom stereocenters. The first-order valence-electron chi connectivity index (χ1n) is 9.74. The van der Waals surface area contributed by atoms with Crippen molar-refractivity contribution in [1.82, 2.24) is 9.55 Å². The first kappa shape index (κ1) is 15.6. The summed E-state index contributed by atoms with van der Waals surface area (Å²) in [6, 6.07) is 26.5. The van der Waals surface area contributed by atoms with Crippen molar-refractivity contribution in [2.45, 2.75) is 19.3 Å². The molecule has 134 valence electrons. The number of nitrogens with zero attached hydrogens (tertiary/aromatic N) is 2. The fourth-order valence-electron chi connectivity index (χ4n) is 4.93. The number of fused-ring (bicyclic) bond motifs is 6. The molecule has 6 rings (SSSR count). The van der Waals surface area contributed by atoms with E-state index >= 15 is 0 Å². The van der Waals surface area contributed by atoms with E-state index in [-0.39, 0.29) is 5.41 Å². The largest absolute Gasteiger partial charge is 0.309 e. The Hall–Kier alpha value is -3.39. The highest BCUT2D eigenvalue weighted by Crippen LogP contribution is 2.50. The minimum Gasteiger partial charge on any atom is -0.309 e. The molecular weight excluding hydrogens is 340 g/mol. The van der Waals surface area contributed by atoms with Crippen LogP contribution in [0.1, 0.15) is 25.0 Å². The quantitative estimate of drug-likeness (QED) is 0.334. The van der Waals surface area contributed by atoms with Crippen LogP contribution in [0.15, 0.2) is 85.2 Å². The van der Waals surface area contributed by atoms with Crippen molar-refractivity contribution in [3.05, 3.63) is 96.3 Å². The molecule has 2 heteroatoms. The lowest BCUT2D eigenvalue weighted by molar-refractivity contribution is 0.661. The lowest BCUT2D eigenvalue weighted by Crippen LogP contribution is -2.14. The number of benzene rings is 3. The average Bonchev–Trinajstić information content (AvgIpc) is 3.17. The van der Waals surface area contributed by atoms with Gasteiger partial charge in [0.05, 0.1) is 11.0 Å². The summed E-state index contributed by atoms with van der Waals surface area (Å²) < 4.78 is 2.36. The van der Waals surface area contributed by atoms with Crippen LogP contribution >= 0.6 is 0 Å². The monoisotopic (exact) mass is 360 g/mol. The fourth-order valence-corrected chi connectivity index (χ4v) is 4.93. The lowest BCUT2D eigenvalue weighted by Gasteiger charge is -2.21. The van der Waals surface area contributed by atoms with Gasteiger partial charge in [-0.1, -0.05) is 56.3 Å². The van der Waals surface area contributed by atoms with Crippen LogP contribution in [0.3, 0.4) is 0 Å². The van der Waals surface area contributed by atoms with E-state index in [2.05, 4.69) is 96.2 Å². The Morgan fingerprint density at radius 1 is 0.679 bits per heavy atom. The molecule has 0 radical (unpaired) electrons. The molecule has 0 atom stereocenters. The summed E-state index contributed by atoms with van der Waals surface area (Å²) in [6.07, 6.45) is 3.73. The average molecular weight is 360 g/mol. The molecule has 1 aliphatic carbocycles. The Bertz CT molecular complexity index is 1370. The van der Waals surface area contributed by atoms with Crippen LogP contribution in [0, 0.1) is 0 Å². The molecule has 0 saturated heterocycles. The van der Waals surface area contributed by atoms with E-state index in [0.717, 1.165) is 5.69 Å². The van der Waals surface area contributed by atoms with Gasteiger partial charge in [0.2, 0.25) is 0 Å². The minimum atomic E-state index is 0.0139. The van der Waals surface area contributed by atoms with Crippen molar-refractivity contribution < 1.29 is 0 Å². The maximum atomic E-state index is 4.21. The number of para-hydroxylation sites is 1. The van der Waals surface area contributed by atoms with E-state index in [1.165, 1.54) is 44.1 Å². The van der Waals surface area contributed by atoms with Crippen molar-refractivity contribution in [2.24, 2.45) is 0 Å². The van der Waals surface area contributed by atoms with Crippen LogP contribution in [-0.4, -0.2) is 9.55 Å². The Labute approximate surface area is 164 Å². The Morgan fingerprint density at radius 3 is 2.29 bits per heavy atom. The van der Waals surface area contributed by atoms with Gasteiger partial charge in [0.15, 0.2) is 0 Å². The van der Waals surface area contributed by atoms with Crippen LogP contribution in [0.4, 0.5) is 0 Å². The van der Waals surface area contributed by atoms with Crippen LogP contribution in [0.25, 0.3) is 38.6 Å². The maximum absolute atomic E-state index is 4.21. The van der Waals surface area contributed by atoms with E-state index in [1.807, 2.05) is 12.4 Å². The Balaban J connectivity index is 1.80. The number of hydrogen-bond donors (Lipinski definition) is 0. The second-order valence-electron chi connectivity index (χ2n) is 8.14. The second kappa shape index (κ2) is 5.32. The zero-order valence-electron chi connectivity index (χ0n) is 16.0. The van der Waals surface area contributed by atoms with E-state index in [9.17, 15) is 0 Å². The second-order valence-corrected chi connectivity index (χ2v) is 8.14. The molecule has 2 nitrogen and oxygen atoms in total. The SMILES string of the molecule is CC1(C)c2ccccc2-c2cc3c(cc21)c1ccccc1n3-c1ccncc1. The van der Waals surface area contributed by atoms with E-state index in [4.69, 9.17) is 0 Å². The van der Waals surface area contributed by atoms with Crippen LogP contribution < -0.4 is 0 Å². The predicted molar refractivity (Wildman–Crippen MR) is 116 cm³/mol. The molecule has 3 aromatic carbocycles. The highest BCUT2D eigenvalue weighted by Gasteiger charge is 2.35. The maximum Gasteiger partial charge on any atom is 0.0547 e. The number of aromatic nitrogens is 2. The van der Waals surface area contributed by atoms with E-state index in [0.29, 0.717) is 0 Å². The van der Waals surface area contributed by atoms with Crippen molar-refractivity contribution in [3.63, 3.8) is 0 Å². The zero-order chi connectivity index (χ0) is 18.9. The van der Waals surface area contributed by atoms with E-state index in [1.54, 1.807) is 0 Å². The third-order valence-corrected chi connectivity index (χ3v) is 6.30. The Morgan fingerprint density at radius 2 is 1.43 bits per heavy atom. The summed E-state index contributed by atoms with van der Waals surface area (Å²) in [5.41, 5.74) is 9.18. The fraction of sp³-hybridized carbons (Fsp3) is 0.115. The third kappa shape index (κ3) is 1.90. The summed E-state index contributed by atoms with van der Waals surface area (Å²) in [4.78, 5) is 4.21. The predicted octanol–water partition coefficient (Wildman–Crippen LogP) is 6.49. The summed E-state index contributed by atoms with van der Waals surface area (Å²) >= 11 is 0. The Kier molecular flexibility index (Phi) is 2.98. The van der Waals surface area contributed by atoms with Crippen LogP contribution in [0.5, 0.6) is 0 Å². The van der Waals surface area contributed by atoms with E-state index < -0.39 is 0 Å². The number of pyridine rings is 1. The summed E-state index contributed by atoms with van der Waals surface area (Å²) in [5.74, 6) is 0. The molecular formula is C26H20N2. The molecule has 0 bridgehead atoms. The lowest BCUT2D eigenvalue weighted by atomic mass is 9.82. The van der Waals surface area contributed by atoms with Crippen molar-refractivity contribution in [3.8, 4) is 16.8 Å². The molecule has 0 fully saturated rings. The van der Waals surface area contributed by atoms with Crippen LogP contribution in [0.2, 0.25) is 0 Å². The number of rotatable bonds is 1. The molecule has 2 aromatic heterocycles. The van der Waals surface area contributed by atoms with Gasteiger partial charge in [0.25, 0.3) is 0 Å². The molecule has 0 saturated carbocycles. The molecule has 2 heterocycles. The molecule has 0 spiro atoms. The first-order chi connectivity index (χ1) is 13.7. The van der Waals surface area contributed by atoms with Crippen molar-refractivity contribution in [1.29, 1.82) is 0 Å².